The highest BCUT2D eigenvalue weighted by atomic mass is 16.4. The summed E-state index contributed by atoms with van der Waals surface area (Å²) < 4.78 is 0. The number of carbonyl (C=O) groups is 1. The molecule has 0 amide bonds. The van der Waals surface area contributed by atoms with Gasteiger partial charge in [-0.15, -0.1) is 5.10 Å². The first kappa shape index (κ1) is 12.8. The van der Waals surface area contributed by atoms with Gasteiger partial charge in [-0.2, -0.15) is 0 Å². The number of aliphatic carboxylic acids is 1. The molecule has 0 aromatic heterocycles. The van der Waals surface area contributed by atoms with Crippen molar-refractivity contribution in [3.63, 3.8) is 0 Å². The van der Waals surface area contributed by atoms with Gasteiger partial charge in [-0.05, 0) is 18.4 Å². The molecular formula is C11H16N4O2. The summed E-state index contributed by atoms with van der Waals surface area (Å²) in [5.41, 5.74) is 13.7. The lowest BCUT2D eigenvalue weighted by molar-refractivity contribution is -0.139. The Morgan fingerprint density at radius 3 is 2.53 bits per heavy atom. The van der Waals surface area contributed by atoms with Crippen LogP contribution in [0.3, 0.4) is 0 Å². The van der Waals surface area contributed by atoms with Crippen LogP contribution in [0.5, 0.6) is 0 Å². The SMILES string of the molecule is NC(N)=NN[C@@H](CCc1ccccc1)C(=O)O. The van der Waals surface area contributed by atoms with Crippen LogP contribution in [0, 0.1) is 0 Å². The zero-order chi connectivity index (χ0) is 12.7. The lowest BCUT2D eigenvalue weighted by Gasteiger charge is -2.11. The quantitative estimate of drug-likeness (QED) is 0.311. The van der Waals surface area contributed by atoms with Gasteiger partial charge in [0.2, 0.25) is 5.96 Å². The van der Waals surface area contributed by atoms with Crippen LogP contribution >= 0.6 is 0 Å². The van der Waals surface area contributed by atoms with E-state index in [1.54, 1.807) is 0 Å². The minimum Gasteiger partial charge on any atom is -0.480 e. The summed E-state index contributed by atoms with van der Waals surface area (Å²) in [7, 11) is 0. The number of aryl methyl sites for hydroxylation is 1. The monoisotopic (exact) mass is 236 g/mol. The lowest BCUT2D eigenvalue weighted by Crippen LogP contribution is -2.37. The van der Waals surface area contributed by atoms with Crippen molar-refractivity contribution in [1.29, 1.82) is 0 Å². The van der Waals surface area contributed by atoms with Gasteiger partial charge in [-0.25, -0.2) is 4.79 Å². The maximum absolute atomic E-state index is 10.9. The predicted molar refractivity (Wildman–Crippen MR) is 65.1 cm³/mol. The molecule has 0 bridgehead atoms. The summed E-state index contributed by atoms with van der Waals surface area (Å²) in [4.78, 5) is 10.9. The highest BCUT2D eigenvalue weighted by Gasteiger charge is 2.16. The number of rotatable bonds is 6. The Kier molecular flexibility index (Phi) is 4.80. The molecule has 0 fully saturated rings. The maximum Gasteiger partial charge on any atom is 0.327 e. The van der Waals surface area contributed by atoms with E-state index in [-0.39, 0.29) is 5.96 Å². The molecule has 92 valence electrons. The summed E-state index contributed by atoms with van der Waals surface area (Å²) >= 11 is 0. The highest BCUT2D eigenvalue weighted by Crippen LogP contribution is 2.05. The maximum atomic E-state index is 10.9. The van der Waals surface area contributed by atoms with Gasteiger partial charge >= 0.3 is 5.97 Å². The molecule has 17 heavy (non-hydrogen) atoms. The van der Waals surface area contributed by atoms with Crippen LogP contribution < -0.4 is 16.9 Å². The number of nitrogens with two attached hydrogens (primary N) is 2. The average molecular weight is 236 g/mol. The Bertz CT molecular complexity index is 388. The second-order valence-corrected chi connectivity index (χ2v) is 3.58. The molecule has 1 aromatic rings. The molecule has 0 aliphatic carbocycles. The van der Waals surface area contributed by atoms with E-state index in [4.69, 9.17) is 16.6 Å². The number of carboxylic acid groups (broad SMARTS) is 1. The van der Waals surface area contributed by atoms with Gasteiger partial charge in [0.15, 0.2) is 0 Å². The van der Waals surface area contributed by atoms with E-state index in [2.05, 4.69) is 10.5 Å². The molecule has 0 unspecified atom stereocenters. The van der Waals surface area contributed by atoms with Crippen molar-refractivity contribution in [3.8, 4) is 0 Å². The molecule has 0 saturated heterocycles. The molecule has 0 spiro atoms. The molecule has 0 saturated carbocycles. The predicted octanol–water partition coefficient (Wildman–Crippen LogP) is -0.150. The Hall–Kier alpha value is -2.24. The van der Waals surface area contributed by atoms with Gasteiger partial charge in [0, 0.05) is 0 Å². The minimum absolute atomic E-state index is 0.184. The number of carboxylic acids is 1. The molecule has 6 heteroatoms. The number of hydrazone groups is 1. The van der Waals surface area contributed by atoms with Crippen molar-refractivity contribution in [3.05, 3.63) is 35.9 Å². The van der Waals surface area contributed by atoms with Gasteiger partial charge in [0.05, 0.1) is 0 Å². The Morgan fingerprint density at radius 2 is 2.00 bits per heavy atom. The van der Waals surface area contributed by atoms with Crippen LogP contribution in [0.15, 0.2) is 35.4 Å². The standard InChI is InChI=1S/C11H16N4O2/c12-11(13)15-14-9(10(16)17)7-6-8-4-2-1-3-5-8/h1-5,9,14H,6-7H2,(H,16,17)(H4,12,13,15)/t9-/m0/s1. The first-order chi connectivity index (χ1) is 8.09. The van der Waals surface area contributed by atoms with E-state index in [1.165, 1.54) is 0 Å². The molecule has 1 aromatic carbocycles. The second-order valence-electron chi connectivity index (χ2n) is 3.58. The molecule has 1 atom stereocenters. The number of nitrogens with one attached hydrogen (secondary N) is 1. The van der Waals surface area contributed by atoms with Crippen molar-refractivity contribution in [2.45, 2.75) is 18.9 Å². The van der Waals surface area contributed by atoms with Crippen molar-refractivity contribution >= 4 is 11.9 Å². The van der Waals surface area contributed by atoms with Crippen LogP contribution in [-0.2, 0) is 11.2 Å². The molecule has 1 rings (SSSR count). The molecule has 6 nitrogen and oxygen atoms in total. The normalized spacial score (nSPS) is 11.5. The largest absolute Gasteiger partial charge is 0.480 e. The first-order valence-corrected chi connectivity index (χ1v) is 5.20. The zero-order valence-electron chi connectivity index (χ0n) is 9.34. The third-order valence-electron chi connectivity index (χ3n) is 2.21. The van der Waals surface area contributed by atoms with Crippen molar-refractivity contribution in [1.82, 2.24) is 5.43 Å². The van der Waals surface area contributed by atoms with E-state index < -0.39 is 12.0 Å². The van der Waals surface area contributed by atoms with Crippen LogP contribution in [0.4, 0.5) is 0 Å². The van der Waals surface area contributed by atoms with E-state index in [9.17, 15) is 4.79 Å². The van der Waals surface area contributed by atoms with E-state index in [1.807, 2.05) is 30.3 Å². The van der Waals surface area contributed by atoms with E-state index in [0.717, 1.165) is 5.56 Å². The summed E-state index contributed by atoms with van der Waals surface area (Å²) in [5, 5.41) is 12.5. The van der Waals surface area contributed by atoms with Gasteiger partial charge in [-0.1, -0.05) is 30.3 Å². The topological polar surface area (TPSA) is 114 Å². The van der Waals surface area contributed by atoms with E-state index >= 15 is 0 Å². The van der Waals surface area contributed by atoms with Gasteiger partial charge in [0.1, 0.15) is 6.04 Å². The summed E-state index contributed by atoms with van der Waals surface area (Å²) in [6.07, 6.45) is 1.06. The third kappa shape index (κ3) is 4.87. The fraction of sp³-hybridized carbons (Fsp3) is 0.273. The summed E-state index contributed by atoms with van der Waals surface area (Å²) in [6.45, 7) is 0. The second kappa shape index (κ2) is 6.37. The molecule has 0 aliphatic rings. The average Bonchev–Trinajstić information content (AvgIpc) is 2.29. The van der Waals surface area contributed by atoms with E-state index in [0.29, 0.717) is 12.8 Å². The lowest BCUT2D eigenvalue weighted by atomic mass is 10.1. The number of nitrogens with zero attached hydrogens (tertiary/aromatic N) is 1. The molecule has 6 N–H and O–H groups in total. The first-order valence-electron chi connectivity index (χ1n) is 5.20. The number of hydrogen-bond donors (Lipinski definition) is 4. The zero-order valence-corrected chi connectivity index (χ0v) is 9.34. The third-order valence-corrected chi connectivity index (χ3v) is 2.21. The van der Waals surface area contributed by atoms with Gasteiger partial charge in [0.25, 0.3) is 0 Å². The van der Waals surface area contributed by atoms with Crippen LogP contribution in [0.2, 0.25) is 0 Å². The number of benzene rings is 1. The van der Waals surface area contributed by atoms with Gasteiger partial charge < -0.3 is 16.6 Å². The molecular weight excluding hydrogens is 220 g/mol. The fourth-order valence-corrected chi connectivity index (χ4v) is 1.35. The number of guanidine groups is 1. The van der Waals surface area contributed by atoms with Crippen molar-refractivity contribution in [2.24, 2.45) is 16.6 Å². The smallest absolute Gasteiger partial charge is 0.327 e. The van der Waals surface area contributed by atoms with Crippen LogP contribution in [-0.4, -0.2) is 23.1 Å². The Labute approximate surface area is 99.3 Å². The fourth-order valence-electron chi connectivity index (χ4n) is 1.35. The summed E-state index contributed by atoms with van der Waals surface area (Å²) in [6, 6.07) is 8.83. The highest BCUT2D eigenvalue weighted by molar-refractivity contribution is 5.76. The Balaban J connectivity index is 2.51. The van der Waals surface area contributed by atoms with Crippen LogP contribution in [0.25, 0.3) is 0 Å². The Morgan fingerprint density at radius 1 is 1.35 bits per heavy atom. The molecule has 0 radical (unpaired) electrons. The van der Waals surface area contributed by atoms with Crippen LogP contribution in [0.1, 0.15) is 12.0 Å². The molecule has 0 aliphatic heterocycles. The van der Waals surface area contributed by atoms with Crippen molar-refractivity contribution < 1.29 is 9.90 Å². The molecule has 0 heterocycles. The minimum atomic E-state index is -0.981. The summed E-state index contributed by atoms with van der Waals surface area (Å²) in [5.74, 6) is -1.16. The van der Waals surface area contributed by atoms with Crippen molar-refractivity contribution in [2.75, 3.05) is 0 Å². The van der Waals surface area contributed by atoms with Gasteiger partial charge in [-0.3, -0.25) is 5.43 Å². The number of hydrogen-bond acceptors (Lipinski definition) is 3.